The highest BCUT2D eigenvalue weighted by Crippen LogP contribution is 2.21. The van der Waals surface area contributed by atoms with Crippen molar-refractivity contribution in [2.45, 2.75) is 0 Å². The van der Waals surface area contributed by atoms with Gasteiger partial charge in [-0.15, -0.1) is 0 Å². The molecule has 0 unspecified atom stereocenters. The second kappa shape index (κ2) is 5.54. The number of carbonyl (C=O) groups is 1. The standard InChI is InChI=1S/C12H8BrClFN3O/c13-6-3-8(11(16)17-5-6)12(19)18-7-1-2-9(14)10(15)4-7/h1-5H,(H2,16,17)(H,18,19). The van der Waals surface area contributed by atoms with Gasteiger partial charge in [0.1, 0.15) is 11.6 Å². The molecular formula is C12H8BrClFN3O. The molecule has 0 aliphatic heterocycles. The largest absolute Gasteiger partial charge is 0.383 e. The van der Waals surface area contributed by atoms with E-state index in [1.165, 1.54) is 24.4 Å². The van der Waals surface area contributed by atoms with Crippen LogP contribution in [0.15, 0.2) is 34.9 Å². The van der Waals surface area contributed by atoms with Crippen molar-refractivity contribution in [3.8, 4) is 0 Å². The Balaban J connectivity index is 2.25. The van der Waals surface area contributed by atoms with Gasteiger partial charge in [0.05, 0.1) is 10.6 Å². The van der Waals surface area contributed by atoms with Crippen LogP contribution in [0, 0.1) is 5.82 Å². The minimum atomic E-state index is -0.611. The molecule has 2 rings (SSSR count). The fourth-order valence-electron chi connectivity index (χ4n) is 1.40. The Bertz CT molecular complexity index is 651. The highest BCUT2D eigenvalue weighted by atomic mass is 79.9. The van der Waals surface area contributed by atoms with Crippen molar-refractivity contribution >= 4 is 44.9 Å². The third-order valence-corrected chi connectivity index (χ3v) is 3.05. The van der Waals surface area contributed by atoms with Crippen molar-refractivity contribution in [3.05, 3.63) is 51.3 Å². The summed E-state index contributed by atoms with van der Waals surface area (Å²) in [5.74, 6) is -0.997. The number of aromatic nitrogens is 1. The average molecular weight is 345 g/mol. The molecule has 0 atom stereocenters. The number of nitrogens with zero attached hydrogens (tertiary/aromatic N) is 1. The molecule has 0 fully saturated rings. The molecule has 1 heterocycles. The Kier molecular flexibility index (Phi) is 4.01. The summed E-state index contributed by atoms with van der Waals surface area (Å²) in [5.41, 5.74) is 6.09. The number of rotatable bonds is 2. The number of pyridine rings is 1. The van der Waals surface area contributed by atoms with E-state index >= 15 is 0 Å². The van der Waals surface area contributed by atoms with Gasteiger partial charge in [-0.05, 0) is 40.2 Å². The Labute approximate surface area is 121 Å². The van der Waals surface area contributed by atoms with E-state index in [0.717, 1.165) is 6.07 Å². The van der Waals surface area contributed by atoms with E-state index in [4.69, 9.17) is 17.3 Å². The number of nitrogens with one attached hydrogen (secondary N) is 1. The Morgan fingerprint density at radius 2 is 2.16 bits per heavy atom. The van der Waals surface area contributed by atoms with Crippen LogP contribution >= 0.6 is 27.5 Å². The van der Waals surface area contributed by atoms with Gasteiger partial charge in [-0.2, -0.15) is 0 Å². The summed E-state index contributed by atoms with van der Waals surface area (Å²) in [4.78, 5) is 15.8. The molecule has 0 saturated heterocycles. The summed E-state index contributed by atoms with van der Waals surface area (Å²) in [5, 5.41) is 2.50. The first-order valence-corrected chi connectivity index (χ1v) is 6.32. The molecule has 4 nitrogen and oxygen atoms in total. The van der Waals surface area contributed by atoms with Crippen LogP contribution in [0.25, 0.3) is 0 Å². The van der Waals surface area contributed by atoms with E-state index in [2.05, 4.69) is 26.2 Å². The highest BCUT2D eigenvalue weighted by Gasteiger charge is 2.12. The van der Waals surface area contributed by atoms with Gasteiger partial charge in [0.25, 0.3) is 5.91 Å². The van der Waals surface area contributed by atoms with Crippen molar-refractivity contribution in [3.63, 3.8) is 0 Å². The molecule has 0 spiro atoms. The zero-order valence-corrected chi connectivity index (χ0v) is 11.8. The summed E-state index contributed by atoms with van der Waals surface area (Å²) >= 11 is 8.75. The van der Waals surface area contributed by atoms with Gasteiger partial charge in [-0.25, -0.2) is 9.37 Å². The van der Waals surface area contributed by atoms with Gasteiger partial charge in [0.15, 0.2) is 0 Å². The van der Waals surface area contributed by atoms with Crippen LogP contribution in [0.3, 0.4) is 0 Å². The first kappa shape index (κ1) is 13.8. The number of hydrogen-bond acceptors (Lipinski definition) is 3. The quantitative estimate of drug-likeness (QED) is 0.876. The fourth-order valence-corrected chi connectivity index (χ4v) is 1.85. The summed E-state index contributed by atoms with van der Waals surface area (Å²) < 4.78 is 13.9. The normalized spacial score (nSPS) is 10.3. The number of carbonyl (C=O) groups excluding carboxylic acids is 1. The molecule has 0 aliphatic rings. The van der Waals surface area contributed by atoms with Gasteiger partial charge in [0.2, 0.25) is 0 Å². The molecule has 19 heavy (non-hydrogen) atoms. The van der Waals surface area contributed by atoms with E-state index < -0.39 is 11.7 Å². The van der Waals surface area contributed by atoms with Gasteiger partial charge >= 0.3 is 0 Å². The molecule has 98 valence electrons. The zero-order chi connectivity index (χ0) is 14.0. The van der Waals surface area contributed by atoms with Crippen LogP contribution < -0.4 is 11.1 Å². The summed E-state index contributed by atoms with van der Waals surface area (Å²) in [7, 11) is 0. The third kappa shape index (κ3) is 3.21. The topological polar surface area (TPSA) is 68.0 Å². The number of hydrogen-bond donors (Lipinski definition) is 2. The van der Waals surface area contributed by atoms with E-state index in [-0.39, 0.29) is 22.1 Å². The molecular weight excluding hydrogens is 337 g/mol. The molecule has 0 aliphatic carbocycles. The summed E-state index contributed by atoms with van der Waals surface area (Å²) in [6.45, 7) is 0. The Hall–Kier alpha value is -1.66. The minimum absolute atomic E-state index is 0.0124. The predicted molar refractivity (Wildman–Crippen MR) is 75.7 cm³/mol. The lowest BCUT2D eigenvalue weighted by Crippen LogP contribution is -2.15. The highest BCUT2D eigenvalue weighted by molar-refractivity contribution is 9.10. The molecule has 2 aromatic rings. The second-order valence-corrected chi connectivity index (χ2v) is 4.99. The second-order valence-electron chi connectivity index (χ2n) is 3.67. The Morgan fingerprint density at radius 1 is 1.42 bits per heavy atom. The lowest BCUT2D eigenvalue weighted by atomic mass is 10.2. The maximum Gasteiger partial charge on any atom is 0.259 e. The third-order valence-electron chi connectivity index (χ3n) is 2.31. The van der Waals surface area contributed by atoms with Gasteiger partial charge in [-0.3, -0.25) is 4.79 Å². The lowest BCUT2D eigenvalue weighted by molar-refractivity contribution is 0.102. The fraction of sp³-hybridized carbons (Fsp3) is 0. The number of nitrogens with two attached hydrogens (primary N) is 1. The molecule has 1 aromatic heterocycles. The van der Waals surface area contributed by atoms with E-state index in [9.17, 15) is 9.18 Å². The first-order chi connectivity index (χ1) is 8.97. The molecule has 7 heteroatoms. The van der Waals surface area contributed by atoms with Gasteiger partial charge in [0, 0.05) is 16.4 Å². The maximum absolute atomic E-state index is 13.2. The molecule has 1 amide bonds. The van der Waals surface area contributed by atoms with Gasteiger partial charge in [-0.1, -0.05) is 11.6 Å². The predicted octanol–water partition coefficient (Wildman–Crippen LogP) is 3.47. The number of nitrogen functional groups attached to an aromatic ring is 1. The summed E-state index contributed by atoms with van der Waals surface area (Å²) in [6, 6.07) is 5.51. The Morgan fingerprint density at radius 3 is 2.84 bits per heavy atom. The SMILES string of the molecule is Nc1ncc(Br)cc1C(=O)Nc1ccc(Cl)c(F)c1. The molecule has 0 radical (unpaired) electrons. The number of benzene rings is 1. The van der Waals surface area contributed by atoms with Gasteiger partial charge < -0.3 is 11.1 Å². The molecule has 3 N–H and O–H groups in total. The molecule has 0 saturated carbocycles. The smallest absolute Gasteiger partial charge is 0.259 e. The van der Waals surface area contributed by atoms with E-state index in [1.54, 1.807) is 0 Å². The average Bonchev–Trinajstić information content (AvgIpc) is 2.36. The monoisotopic (exact) mass is 343 g/mol. The van der Waals surface area contributed by atoms with Crippen LogP contribution in [-0.4, -0.2) is 10.9 Å². The number of anilines is 2. The number of halogens is 3. The van der Waals surface area contributed by atoms with E-state index in [0.29, 0.717) is 4.47 Å². The lowest BCUT2D eigenvalue weighted by Gasteiger charge is -2.07. The van der Waals surface area contributed by atoms with Crippen molar-refractivity contribution in [1.82, 2.24) is 4.98 Å². The van der Waals surface area contributed by atoms with Crippen LogP contribution in [0.2, 0.25) is 5.02 Å². The van der Waals surface area contributed by atoms with Crippen molar-refractivity contribution in [2.24, 2.45) is 0 Å². The van der Waals surface area contributed by atoms with Crippen molar-refractivity contribution < 1.29 is 9.18 Å². The van der Waals surface area contributed by atoms with E-state index in [1.807, 2.05) is 0 Å². The van der Waals surface area contributed by atoms with Crippen LogP contribution in [0.1, 0.15) is 10.4 Å². The molecule has 0 bridgehead atoms. The van der Waals surface area contributed by atoms with Crippen LogP contribution in [0.5, 0.6) is 0 Å². The summed E-state index contributed by atoms with van der Waals surface area (Å²) in [6.07, 6.45) is 1.48. The minimum Gasteiger partial charge on any atom is -0.383 e. The van der Waals surface area contributed by atoms with Crippen LogP contribution in [-0.2, 0) is 0 Å². The zero-order valence-electron chi connectivity index (χ0n) is 9.45. The van der Waals surface area contributed by atoms with Crippen molar-refractivity contribution in [1.29, 1.82) is 0 Å². The van der Waals surface area contributed by atoms with Crippen LogP contribution in [0.4, 0.5) is 15.9 Å². The maximum atomic E-state index is 13.2. The van der Waals surface area contributed by atoms with Crippen molar-refractivity contribution in [2.75, 3.05) is 11.1 Å². The first-order valence-electron chi connectivity index (χ1n) is 5.15. The number of amides is 1. The molecule has 1 aromatic carbocycles.